The van der Waals surface area contributed by atoms with Crippen LogP contribution in [0.4, 0.5) is 0 Å². The van der Waals surface area contributed by atoms with Crippen LogP contribution < -0.4 is 0 Å². The molecule has 0 amide bonds. The van der Waals surface area contributed by atoms with Gasteiger partial charge in [0, 0.05) is 34.6 Å². The summed E-state index contributed by atoms with van der Waals surface area (Å²) in [6.07, 6.45) is 16.5. The molecule has 0 saturated heterocycles. The first-order chi connectivity index (χ1) is 17.4. The van der Waals surface area contributed by atoms with Crippen molar-refractivity contribution in [1.29, 1.82) is 0 Å². The van der Waals surface area contributed by atoms with Gasteiger partial charge >= 0.3 is 0 Å². The fraction of sp³-hybridized carbons (Fsp3) is 0.235. The monoisotopic (exact) mass is 472 g/mol. The molecule has 2 heteroatoms. The molecule has 0 fully saturated rings. The number of para-hydroxylation sites is 1. The molecule has 36 heavy (non-hydrogen) atoms. The van der Waals surface area contributed by atoms with Crippen LogP contribution in [0, 0.1) is 20.8 Å². The number of allylic oxidation sites excluding steroid dienone is 9. The highest BCUT2D eigenvalue weighted by atomic mass is 15.0. The van der Waals surface area contributed by atoms with E-state index in [0.717, 1.165) is 19.3 Å². The molecular weight excluding hydrogens is 436 g/mol. The van der Waals surface area contributed by atoms with Crippen molar-refractivity contribution in [2.24, 2.45) is 0 Å². The van der Waals surface area contributed by atoms with Crippen LogP contribution in [-0.2, 0) is 0 Å². The van der Waals surface area contributed by atoms with E-state index in [2.05, 4.69) is 123 Å². The fourth-order valence-corrected chi connectivity index (χ4v) is 5.60. The Morgan fingerprint density at radius 2 is 1.69 bits per heavy atom. The third-order valence-corrected chi connectivity index (χ3v) is 7.54. The van der Waals surface area contributed by atoms with Crippen molar-refractivity contribution in [2.45, 2.75) is 53.9 Å². The van der Waals surface area contributed by atoms with E-state index in [4.69, 9.17) is 0 Å². The summed E-state index contributed by atoms with van der Waals surface area (Å²) in [6.45, 7) is 15.2. The number of nitrogens with zero attached hydrogens (tertiary/aromatic N) is 2. The molecule has 0 atom stereocenters. The van der Waals surface area contributed by atoms with Crippen LogP contribution in [-0.4, -0.2) is 9.13 Å². The molecule has 0 radical (unpaired) electrons. The van der Waals surface area contributed by atoms with Gasteiger partial charge in [-0.25, -0.2) is 0 Å². The van der Waals surface area contributed by atoms with Crippen LogP contribution in [0.25, 0.3) is 33.2 Å². The molecule has 2 heterocycles. The van der Waals surface area contributed by atoms with E-state index in [9.17, 15) is 0 Å². The predicted octanol–water partition coefficient (Wildman–Crippen LogP) is 9.54. The second-order valence-corrected chi connectivity index (χ2v) is 10.0. The third kappa shape index (κ3) is 4.22. The van der Waals surface area contributed by atoms with Gasteiger partial charge in [0.1, 0.15) is 0 Å². The van der Waals surface area contributed by atoms with E-state index in [0.29, 0.717) is 0 Å². The summed E-state index contributed by atoms with van der Waals surface area (Å²) in [5.41, 5.74) is 13.0. The first-order valence-electron chi connectivity index (χ1n) is 13.0. The van der Waals surface area contributed by atoms with E-state index in [1.54, 1.807) is 0 Å². The van der Waals surface area contributed by atoms with Gasteiger partial charge in [-0.2, -0.15) is 0 Å². The summed E-state index contributed by atoms with van der Waals surface area (Å²) in [4.78, 5) is 0. The molecule has 182 valence electrons. The van der Waals surface area contributed by atoms with Gasteiger partial charge in [-0.15, -0.1) is 0 Å². The molecule has 0 saturated carbocycles. The van der Waals surface area contributed by atoms with Crippen molar-refractivity contribution in [2.75, 3.05) is 0 Å². The maximum Gasteiger partial charge on any atom is 0.0528 e. The lowest BCUT2D eigenvalue weighted by atomic mass is 9.92. The second kappa shape index (κ2) is 9.70. The van der Waals surface area contributed by atoms with Crippen molar-refractivity contribution in [3.05, 3.63) is 119 Å². The Kier molecular flexibility index (Phi) is 6.45. The topological polar surface area (TPSA) is 9.86 Å². The van der Waals surface area contributed by atoms with Crippen LogP contribution in [0.3, 0.4) is 0 Å². The highest BCUT2D eigenvalue weighted by Gasteiger charge is 2.15. The quantitative estimate of drug-likeness (QED) is 0.247. The second-order valence-electron chi connectivity index (χ2n) is 10.0. The Hall–Kier alpha value is -3.78. The minimum absolute atomic E-state index is 0.961. The first kappa shape index (κ1) is 23.9. The molecule has 4 aromatic rings. The number of aryl methyl sites for hydroxylation is 3. The zero-order valence-electron chi connectivity index (χ0n) is 22.2. The normalized spacial score (nSPS) is 15.2. The molecule has 5 rings (SSSR count). The average molecular weight is 473 g/mol. The fourth-order valence-electron chi connectivity index (χ4n) is 5.60. The van der Waals surface area contributed by atoms with Crippen molar-refractivity contribution in [3.8, 4) is 0 Å². The first-order valence-corrected chi connectivity index (χ1v) is 13.0. The highest BCUT2D eigenvalue weighted by Crippen LogP contribution is 2.33. The van der Waals surface area contributed by atoms with Gasteiger partial charge in [0.2, 0.25) is 0 Å². The number of benzene rings is 2. The molecular formula is C34H36N2. The zero-order chi connectivity index (χ0) is 25.4. The summed E-state index contributed by atoms with van der Waals surface area (Å²) >= 11 is 0. The Morgan fingerprint density at radius 1 is 0.917 bits per heavy atom. The van der Waals surface area contributed by atoms with Crippen LogP contribution in [0.15, 0.2) is 102 Å². The maximum atomic E-state index is 4.19. The van der Waals surface area contributed by atoms with E-state index in [1.807, 2.05) is 6.08 Å². The van der Waals surface area contributed by atoms with Gasteiger partial charge in [0.05, 0.1) is 11.0 Å². The molecule has 2 nitrogen and oxygen atoms in total. The molecule has 2 aromatic carbocycles. The number of rotatable bonds is 6. The summed E-state index contributed by atoms with van der Waals surface area (Å²) in [5.74, 6) is 0. The Bertz CT molecular complexity index is 1610. The van der Waals surface area contributed by atoms with Gasteiger partial charge in [-0.1, -0.05) is 55.5 Å². The summed E-state index contributed by atoms with van der Waals surface area (Å²) in [6, 6.07) is 15.4. The van der Waals surface area contributed by atoms with Crippen LogP contribution in [0.1, 0.15) is 49.8 Å². The van der Waals surface area contributed by atoms with E-state index in [1.165, 1.54) is 66.6 Å². The van der Waals surface area contributed by atoms with Crippen molar-refractivity contribution in [1.82, 2.24) is 9.13 Å². The van der Waals surface area contributed by atoms with Crippen LogP contribution in [0.5, 0.6) is 0 Å². The molecule has 2 aromatic heterocycles. The minimum Gasteiger partial charge on any atom is -0.320 e. The average Bonchev–Trinajstić information content (AvgIpc) is 3.40. The number of fused-ring (bicyclic) bond motifs is 2. The third-order valence-electron chi connectivity index (χ3n) is 7.54. The van der Waals surface area contributed by atoms with E-state index < -0.39 is 0 Å². The summed E-state index contributed by atoms with van der Waals surface area (Å²) < 4.78 is 4.72. The molecule has 0 aliphatic heterocycles. The lowest BCUT2D eigenvalue weighted by Crippen LogP contribution is -2.02. The maximum absolute atomic E-state index is 4.19. The van der Waals surface area contributed by atoms with Gasteiger partial charge in [-0.3, -0.25) is 0 Å². The van der Waals surface area contributed by atoms with Gasteiger partial charge < -0.3 is 9.13 Å². The Balaban J connectivity index is 1.51. The molecule has 1 aliphatic rings. The van der Waals surface area contributed by atoms with Gasteiger partial charge in [-0.05, 0) is 105 Å². The molecule has 0 spiro atoms. The molecule has 0 unspecified atom stereocenters. The smallest absolute Gasteiger partial charge is 0.0528 e. The largest absolute Gasteiger partial charge is 0.320 e. The minimum atomic E-state index is 0.961. The number of hydrogen-bond acceptors (Lipinski definition) is 0. The van der Waals surface area contributed by atoms with Gasteiger partial charge in [0.15, 0.2) is 0 Å². The van der Waals surface area contributed by atoms with Crippen LogP contribution >= 0.6 is 0 Å². The SMILES string of the molecule is C=C/C(C1=CC=C(n2cc(C)c3cc(C)ccc32)CC1)=C(C)\C=C(/CC)n1cc(C)c2ccccc21. The summed E-state index contributed by atoms with van der Waals surface area (Å²) in [5, 5.41) is 2.66. The Labute approximate surface area is 215 Å². The lowest BCUT2D eigenvalue weighted by Gasteiger charge is -2.19. The lowest BCUT2D eigenvalue weighted by molar-refractivity contribution is 0.924. The van der Waals surface area contributed by atoms with Crippen molar-refractivity contribution in [3.63, 3.8) is 0 Å². The van der Waals surface area contributed by atoms with Crippen molar-refractivity contribution >= 4 is 33.2 Å². The number of aromatic nitrogens is 2. The van der Waals surface area contributed by atoms with Crippen LogP contribution in [0.2, 0.25) is 0 Å². The van der Waals surface area contributed by atoms with E-state index in [-0.39, 0.29) is 0 Å². The molecule has 0 N–H and O–H groups in total. The highest BCUT2D eigenvalue weighted by molar-refractivity contribution is 5.88. The predicted molar refractivity (Wildman–Crippen MR) is 157 cm³/mol. The van der Waals surface area contributed by atoms with E-state index >= 15 is 0 Å². The molecule has 0 bridgehead atoms. The standard InChI is InChI=1S/C34H36N2/c1-7-28(35-21-25(5)31-11-9-10-12-33(31)35)20-24(4)30(8-2)27-14-16-29(17-15-27)36-22-26(6)32-19-23(3)13-18-34(32)36/h8-14,16,18-22H,2,7,15,17H2,1,3-6H3/b28-20+,30-24+. The summed E-state index contributed by atoms with van der Waals surface area (Å²) in [7, 11) is 0. The molecule has 1 aliphatic carbocycles. The Morgan fingerprint density at radius 3 is 2.42 bits per heavy atom. The number of hydrogen-bond donors (Lipinski definition) is 0. The van der Waals surface area contributed by atoms with Crippen molar-refractivity contribution < 1.29 is 0 Å². The zero-order valence-corrected chi connectivity index (χ0v) is 22.2. The van der Waals surface area contributed by atoms with Gasteiger partial charge in [0.25, 0.3) is 0 Å².